The standard InChI is InChI=1S/C27H30N6O4/c1-3-37-27(35)19-11-13-32(14-12-19)24(25-29-30-31-33(25)17-18-7-5-4-6-8-18)22-15-20-9-10-21(36-2)16-23(20)28-26(22)34/h4-10,15-16,19,24H,3,11-14,17H2,1-2H3,(H,28,34)/t24-/m0/s1. The van der Waals surface area contributed by atoms with Crippen LogP contribution in [-0.2, 0) is 16.1 Å². The molecule has 3 heterocycles. The maximum Gasteiger partial charge on any atom is 0.309 e. The number of nitrogens with zero attached hydrogens (tertiary/aromatic N) is 5. The van der Waals surface area contributed by atoms with Crippen molar-refractivity contribution in [2.75, 3.05) is 26.8 Å². The Balaban J connectivity index is 1.54. The summed E-state index contributed by atoms with van der Waals surface area (Å²) in [5, 5.41) is 13.5. The number of H-pyrrole nitrogens is 1. The smallest absolute Gasteiger partial charge is 0.309 e. The molecular weight excluding hydrogens is 472 g/mol. The Bertz CT molecular complexity index is 1430. The molecule has 5 rings (SSSR count). The Morgan fingerprint density at radius 3 is 2.65 bits per heavy atom. The first-order valence-electron chi connectivity index (χ1n) is 12.5. The number of benzene rings is 2. The number of tetrazole rings is 1. The quantitative estimate of drug-likeness (QED) is 0.366. The van der Waals surface area contributed by atoms with Gasteiger partial charge in [0, 0.05) is 24.7 Å². The van der Waals surface area contributed by atoms with E-state index in [1.807, 2.05) is 55.5 Å². The summed E-state index contributed by atoms with van der Waals surface area (Å²) in [6.07, 6.45) is 1.27. The summed E-state index contributed by atoms with van der Waals surface area (Å²) in [7, 11) is 1.59. The van der Waals surface area contributed by atoms with Crippen molar-refractivity contribution in [1.82, 2.24) is 30.1 Å². The van der Waals surface area contributed by atoms with E-state index < -0.39 is 6.04 Å². The number of carbonyl (C=O) groups excluding carboxylic acids is 1. The van der Waals surface area contributed by atoms with Crippen LogP contribution in [0.1, 0.15) is 42.8 Å². The average Bonchev–Trinajstić information content (AvgIpc) is 3.37. The molecule has 1 saturated heterocycles. The lowest BCUT2D eigenvalue weighted by Gasteiger charge is -2.36. The minimum atomic E-state index is -0.489. The number of rotatable bonds is 8. The number of ether oxygens (including phenoxy) is 2. The van der Waals surface area contributed by atoms with E-state index >= 15 is 0 Å². The highest BCUT2D eigenvalue weighted by atomic mass is 16.5. The predicted octanol–water partition coefficient (Wildman–Crippen LogP) is 2.94. The second-order valence-electron chi connectivity index (χ2n) is 9.15. The molecule has 4 aromatic rings. The Morgan fingerprint density at radius 1 is 1.14 bits per heavy atom. The van der Waals surface area contributed by atoms with Gasteiger partial charge in [-0.2, -0.15) is 0 Å². The van der Waals surface area contributed by atoms with E-state index in [4.69, 9.17) is 9.47 Å². The molecule has 0 aliphatic carbocycles. The van der Waals surface area contributed by atoms with Crippen molar-refractivity contribution in [3.05, 3.63) is 81.9 Å². The number of methoxy groups -OCH3 is 1. The van der Waals surface area contributed by atoms with Crippen LogP contribution in [0.5, 0.6) is 5.75 Å². The Kier molecular flexibility index (Phi) is 7.27. The van der Waals surface area contributed by atoms with E-state index in [0.717, 1.165) is 10.9 Å². The van der Waals surface area contributed by atoms with Gasteiger partial charge in [-0.1, -0.05) is 30.3 Å². The lowest BCUT2D eigenvalue weighted by atomic mass is 9.94. The number of carbonyl (C=O) groups is 1. The summed E-state index contributed by atoms with van der Waals surface area (Å²) < 4.78 is 12.3. The first-order valence-corrected chi connectivity index (χ1v) is 12.5. The lowest BCUT2D eigenvalue weighted by Crippen LogP contribution is -2.42. The molecule has 1 atom stereocenters. The summed E-state index contributed by atoms with van der Waals surface area (Å²) in [5.41, 5.74) is 2.08. The van der Waals surface area contributed by atoms with E-state index in [0.29, 0.717) is 61.7 Å². The van der Waals surface area contributed by atoms with Crippen molar-refractivity contribution in [3.63, 3.8) is 0 Å². The zero-order valence-electron chi connectivity index (χ0n) is 21.0. The monoisotopic (exact) mass is 502 g/mol. The molecule has 1 aliphatic rings. The normalized spacial score (nSPS) is 15.5. The number of esters is 1. The van der Waals surface area contributed by atoms with Crippen molar-refractivity contribution in [2.24, 2.45) is 5.92 Å². The van der Waals surface area contributed by atoms with Gasteiger partial charge in [-0.25, -0.2) is 4.68 Å². The van der Waals surface area contributed by atoms with E-state index in [1.54, 1.807) is 17.9 Å². The first kappa shape index (κ1) is 24.6. The maximum atomic E-state index is 13.5. The highest BCUT2D eigenvalue weighted by Gasteiger charge is 2.35. The first-order chi connectivity index (χ1) is 18.1. The summed E-state index contributed by atoms with van der Waals surface area (Å²) in [5.74, 6) is 0.932. The van der Waals surface area contributed by atoms with Gasteiger partial charge in [-0.05, 0) is 59.3 Å². The molecule has 0 bridgehead atoms. The van der Waals surface area contributed by atoms with Crippen LogP contribution in [0.2, 0.25) is 0 Å². The van der Waals surface area contributed by atoms with Gasteiger partial charge < -0.3 is 14.5 Å². The zero-order chi connectivity index (χ0) is 25.8. The topological polar surface area (TPSA) is 115 Å². The Hall–Kier alpha value is -4.05. The predicted molar refractivity (Wildman–Crippen MR) is 137 cm³/mol. The SMILES string of the molecule is CCOC(=O)C1CCN([C@@H](c2cc3ccc(OC)cc3[nH]c2=O)c2nnnn2Cc2ccccc2)CC1. The molecule has 0 radical (unpaired) electrons. The molecule has 1 fully saturated rings. The molecule has 1 N–H and O–H groups in total. The average molecular weight is 503 g/mol. The van der Waals surface area contributed by atoms with Gasteiger partial charge in [-0.15, -0.1) is 5.10 Å². The summed E-state index contributed by atoms with van der Waals surface area (Å²) in [6.45, 7) is 3.87. The number of nitrogens with one attached hydrogen (secondary N) is 1. The third kappa shape index (κ3) is 5.24. The largest absolute Gasteiger partial charge is 0.497 e. The minimum Gasteiger partial charge on any atom is -0.497 e. The number of aromatic nitrogens is 5. The van der Waals surface area contributed by atoms with Crippen LogP contribution in [0.3, 0.4) is 0 Å². The Labute approximate surface area is 214 Å². The molecule has 0 unspecified atom stereocenters. The number of fused-ring (bicyclic) bond motifs is 1. The number of piperidine rings is 1. The van der Waals surface area contributed by atoms with Gasteiger partial charge in [0.05, 0.1) is 31.7 Å². The van der Waals surface area contributed by atoms with Gasteiger partial charge in [0.15, 0.2) is 5.82 Å². The Morgan fingerprint density at radius 2 is 1.92 bits per heavy atom. The number of aromatic amines is 1. The molecular formula is C27H30N6O4. The van der Waals surface area contributed by atoms with Crippen LogP contribution in [0.25, 0.3) is 10.9 Å². The van der Waals surface area contributed by atoms with E-state index in [1.165, 1.54) is 0 Å². The summed E-state index contributed by atoms with van der Waals surface area (Å²) in [4.78, 5) is 31.0. The molecule has 10 nitrogen and oxygen atoms in total. The number of likely N-dealkylation sites (tertiary alicyclic amines) is 1. The number of pyridine rings is 1. The fourth-order valence-electron chi connectivity index (χ4n) is 4.96. The second-order valence-corrected chi connectivity index (χ2v) is 9.15. The fourth-order valence-corrected chi connectivity index (χ4v) is 4.96. The van der Waals surface area contributed by atoms with Crippen molar-refractivity contribution >= 4 is 16.9 Å². The van der Waals surface area contributed by atoms with Crippen LogP contribution in [-0.4, -0.2) is 62.9 Å². The fraction of sp³-hybridized carbons (Fsp3) is 0.370. The van der Waals surface area contributed by atoms with Crippen LogP contribution in [0.15, 0.2) is 59.4 Å². The van der Waals surface area contributed by atoms with Crippen molar-refractivity contribution in [3.8, 4) is 5.75 Å². The molecule has 2 aromatic heterocycles. The van der Waals surface area contributed by atoms with Gasteiger partial charge >= 0.3 is 5.97 Å². The van der Waals surface area contributed by atoms with Gasteiger partial charge in [-0.3, -0.25) is 14.5 Å². The van der Waals surface area contributed by atoms with E-state index in [-0.39, 0.29) is 17.4 Å². The van der Waals surface area contributed by atoms with Crippen LogP contribution in [0.4, 0.5) is 0 Å². The van der Waals surface area contributed by atoms with Crippen molar-refractivity contribution < 1.29 is 14.3 Å². The molecule has 37 heavy (non-hydrogen) atoms. The molecule has 0 saturated carbocycles. The minimum absolute atomic E-state index is 0.153. The van der Waals surface area contributed by atoms with Crippen LogP contribution in [0, 0.1) is 5.92 Å². The molecule has 2 aromatic carbocycles. The molecule has 0 spiro atoms. The van der Waals surface area contributed by atoms with Crippen LogP contribution < -0.4 is 10.3 Å². The molecule has 0 amide bonds. The van der Waals surface area contributed by atoms with Gasteiger partial charge in [0.25, 0.3) is 5.56 Å². The van der Waals surface area contributed by atoms with E-state index in [2.05, 4.69) is 25.4 Å². The lowest BCUT2D eigenvalue weighted by molar-refractivity contribution is -0.149. The number of hydrogen-bond donors (Lipinski definition) is 1. The van der Waals surface area contributed by atoms with Crippen LogP contribution >= 0.6 is 0 Å². The zero-order valence-corrected chi connectivity index (χ0v) is 21.0. The third-order valence-corrected chi connectivity index (χ3v) is 6.87. The highest BCUT2D eigenvalue weighted by molar-refractivity contribution is 5.80. The third-order valence-electron chi connectivity index (χ3n) is 6.87. The van der Waals surface area contributed by atoms with Gasteiger partial charge in [0.1, 0.15) is 11.8 Å². The maximum absolute atomic E-state index is 13.5. The molecule has 192 valence electrons. The molecule has 1 aliphatic heterocycles. The van der Waals surface area contributed by atoms with Gasteiger partial charge in [0.2, 0.25) is 0 Å². The summed E-state index contributed by atoms with van der Waals surface area (Å²) in [6, 6.07) is 16.9. The number of hydrogen-bond acceptors (Lipinski definition) is 8. The highest BCUT2D eigenvalue weighted by Crippen LogP contribution is 2.32. The summed E-state index contributed by atoms with van der Waals surface area (Å²) >= 11 is 0. The van der Waals surface area contributed by atoms with E-state index in [9.17, 15) is 9.59 Å². The second kappa shape index (κ2) is 10.9. The van der Waals surface area contributed by atoms with Crippen molar-refractivity contribution in [1.29, 1.82) is 0 Å². The molecule has 10 heteroatoms. The van der Waals surface area contributed by atoms with Crippen molar-refractivity contribution in [2.45, 2.75) is 32.4 Å².